The van der Waals surface area contributed by atoms with E-state index >= 15 is 0 Å². The first kappa shape index (κ1) is 38.9. The molecule has 0 aromatic heterocycles. The van der Waals surface area contributed by atoms with Gasteiger partial charge in [0.1, 0.15) is 0 Å². The number of ether oxygens (including phenoxy) is 2. The molecule has 2 aromatic carbocycles. The van der Waals surface area contributed by atoms with Crippen LogP contribution in [-0.4, -0.2) is 51.2 Å². The molecule has 0 aliphatic rings. The van der Waals surface area contributed by atoms with Crippen LogP contribution in [-0.2, 0) is 40.8 Å². The molecule has 0 amide bonds. The second-order valence-corrected chi connectivity index (χ2v) is 6.77. The third kappa shape index (κ3) is 26.3. The predicted octanol–water partition coefficient (Wildman–Crippen LogP) is 0.718. The Balaban J connectivity index is -0.000000436. The normalized spacial score (nSPS) is 10.2. The Hall–Kier alpha value is -2.59. The van der Waals surface area contributed by atoms with Crippen molar-refractivity contribution in [3.63, 3.8) is 0 Å². The number of hydrogen-bond acceptors (Lipinski definition) is 8. The van der Waals surface area contributed by atoms with Crippen LogP contribution in [0.3, 0.4) is 0 Å². The van der Waals surface area contributed by atoms with E-state index in [1.165, 1.54) is 13.8 Å². The molecule has 0 saturated heterocycles. The molecule has 2 rings (SSSR count). The summed E-state index contributed by atoms with van der Waals surface area (Å²) < 4.78 is 9.34. The van der Waals surface area contributed by atoms with Crippen molar-refractivity contribution in [3.05, 3.63) is 83.9 Å². The van der Waals surface area contributed by atoms with Crippen LogP contribution in [0.4, 0.5) is 0 Å². The quantitative estimate of drug-likeness (QED) is 0.183. The first-order valence-corrected chi connectivity index (χ1v) is 11.4. The molecule has 0 spiro atoms. The number of allylic oxidation sites excluding steroid dienone is 2. The number of carbonyl (C=O) groups is 2. The van der Waals surface area contributed by atoms with Gasteiger partial charge in [-0.15, -0.1) is 13.2 Å². The molecule has 0 fully saturated rings. The molecule has 0 aliphatic heterocycles. The fraction of sp³-hybridized carbons (Fsp3) is 0.357. The summed E-state index contributed by atoms with van der Waals surface area (Å²) in [6.07, 6.45) is 2.19. The van der Waals surface area contributed by atoms with Crippen LogP contribution in [0.2, 0.25) is 0 Å². The van der Waals surface area contributed by atoms with Crippen molar-refractivity contribution in [2.45, 2.75) is 27.7 Å². The van der Waals surface area contributed by atoms with Gasteiger partial charge in [0.15, 0.2) is 11.6 Å². The van der Waals surface area contributed by atoms with Crippen LogP contribution >= 0.6 is 0 Å². The molecule has 0 N–H and O–H groups in total. The van der Waals surface area contributed by atoms with E-state index in [1.54, 1.807) is 48.5 Å². The molecule has 0 unspecified atom stereocenters. The largest absolute Gasteiger partial charge is 0.872 e. The summed E-state index contributed by atoms with van der Waals surface area (Å²) in [5.41, 5.74) is 1.10. The summed E-state index contributed by atoms with van der Waals surface area (Å²) >= 11 is 0. The third-order valence-electron chi connectivity index (χ3n) is 3.65. The molecule has 0 bridgehead atoms. The van der Waals surface area contributed by atoms with Gasteiger partial charge in [-0.3, -0.25) is 9.59 Å². The Bertz CT molecular complexity index is 787. The van der Waals surface area contributed by atoms with Crippen LogP contribution in [0.1, 0.15) is 38.8 Å². The molecule has 204 valence electrons. The van der Waals surface area contributed by atoms with E-state index in [-0.39, 0.29) is 58.0 Å². The van der Waals surface area contributed by atoms with E-state index in [4.69, 9.17) is 0 Å². The second kappa shape index (κ2) is 28.0. The Kier molecular flexibility index (Phi) is 29.5. The monoisotopic (exact) mass is 548 g/mol. The van der Waals surface area contributed by atoms with E-state index in [1.807, 2.05) is 26.0 Å². The zero-order valence-corrected chi connectivity index (χ0v) is 23.5. The van der Waals surface area contributed by atoms with Gasteiger partial charge in [-0.1, -0.05) is 72.2 Å². The van der Waals surface area contributed by atoms with Crippen molar-refractivity contribution in [2.24, 2.45) is 0 Å². The summed E-state index contributed by atoms with van der Waals surface area (Å²) in [7, 11) is 0. The maximum atomic E-state index is 11.2. The maximum Gasteiger partial charge on any atom is 0.152 e. The van der Waals surface area contributed by atoms with E-state index < -0.39 is 0 Å². The second-order valence-electron chi connectivity index (χ2n) is 6.77. The van der Waals surface area contributed by atoms with Crippen molar-refractivity contribution < 1.29 is 61.2 Å². The zero-order chi connectivity index (χ0) is 27.6. The van der Waals surface area contributed by atoms with Gasteiger partial charge < -0.3 is 29.9 Å². The summed E-state index contributed by atoms with van der Waals surface area (Å²) in [4.78, 5) is 21.1. The average Bonchev–Trinajstić information content (AvgIpc) is 2.87. The van der Waals surface area contributed by atoms with Gasteiger partial charge in [0, 0.05) is 48.1 Å². The molecule has 0 saturated carbocycles. The Morgan fingerprint density at radius 1 is 0.676 bits per heavy atom. The van der Waals surface area contributed by atoms with Crippen LogP contribution in [0, 0.1) is 0 Å². The molecule has 8 nitrogen and oxygen atoms in total. The molecule has 2 aromatic rings. The predicted molar refractivity (Wildman–Crippen MR) is 133 cm³/mol. The van der Waals surface area contributed by atoms with Crippen LogP contribution in [0.5, 0.6) is 0 Å². The standard InChI is InChI=1S/2C10H10O2.2C4H9O2.Ti/c2*1-8(11)7-10(12)9-5-3-2-4-6-9;2*1-2-6-4-3-5;/h2*2-7,12H,1H3;2*2-4H2,1H3;/q;;2*-1;/p-2/b2*10-7-;;;. The SMILES string of the molecule is CC(=O)/C=C(\[O-])c1ccccc1.CC(=O)/C=C(\[O-])c1ccccc1.CCOCC[O-].CCOCC[O-].[Ti]. The van der Waals surface area contributed by atoms with Gasteiger partial charge in [0.05, 0.1) is 0 Å². The fourth-order valence-corrected chi connectivity index (χ4v) is 2.15. The molecule has 0 atom stereocenters. The van der Waals surface area contributed by atoms with Crippen molar-refractivity contribution in [3.8, 4) is 0 Å². The van der Waals surface area contributed by atoms with Gasteiger partial charge in [-0.25, -0.2) is 0 Å². The molecule has 0 heterocycles. The number of hydrogen-bond donors (Lipinski definition) is 0. The molecular formula is C28H36O8Ti-4. The first-order valence-electron chi connectivity index (χ1n) is 11.4. The summed E-state index contributed by atoms with van der Waals surface area (Å²) in [6, 6.07) is 17.4. The molecule has 9 heteroatoms. The minimum Gasteiger partial charge on any atom is -0.872 e. The van der Waals surface area contributed by atoms with E-state index in [0.29, 0.717) is 37.6 Å². The summed E-state index contributed by atoms with van der Waals surface area (Å²) in [5.74, 6) is -0.904. The number of rotatable bonds is 10. The fourth-order valence-electron chi connectivity index (χ4n) is 2.15. The zero-order valence-electron chi connectivity index (χ0n) is 21.9. The Morgan fingerprint density at radius 3 is 1.16 bits per heavy atom. The maximum absolute atomic E-state index is 11.2. The topological polar surface area (TPSA) is 145 Å². The number of ketones is 2. The summed E-state index contributed by atoms with van der Waals surface area (Å²) in [6.45, 7) is 8.26. The van der Waals surface area contributed by atoms with Crippen molar-refractivity contribution in [1.29, 1.82) is 0 Å². The first-order chi connectivity index (χ1) is 17.2. The van der Waals surface area contributed by atoms with Gasteiger partial charge in [-0.2, -0.15) is 0 Å². The van der Waals surface area contributed by atoms with E-state index in [0.717, 1.165) is 12.2 Å². The molecule has 37 heavy (non-hydrogen) atoms. The van der Waals surface area contributed by atoms with Gasteiger partial charge in [0.25, 0.3) is 0 Å². The van der Waals surface area contributed by atoms with Crippen molar-refractivity contribution in [2.75, 3.05) is 39.6 Å². The van der Waals surface area contributed by atoms with Crippen LogP contribution in [0.15, 0.2) is 72.8 Å². The third-order valence-corrected chi connectivity index (χ3v) is 3.65. The van der Waals surface area contributed by atoms with Crippen molar-refractivity contribution >= 4 is 23.1 Å². The molecule has 0 aliphatic carbocycles. The smallest absolute Gasteiger partial charge is 0.152 e. The Morgan fingerprint density at radius 2 is 0.973 bits per heavy atom. The van der Waals surface area contributed by atoms with Gasteiger partial charge in [0.2, 0.25) is 0 Å². The van der Waals surface area contributed by atoms with Crippen molar-refractivity contribution in [1.82, 2.24) is 0 Å². The number of benzene rings is 2. The minimum absolute atomic E-state index is 0. The minimum atomic E-state index is -0.233. The average molecular weight is 548 g/mol. The van der Waals surface area contributed by atoms with Crippen LogP contribution in [0.25, 0.3) is 11.5 Å². The molecule has 0 radical (unpaired) electrons. The van der Waals surface area contributed by atoms with Gasteiger partial charge in [-0.05, 0) is 51.0 Å². The van der Waals surface area contributed by atoms with E-state index in [9.17, 15) is 30.0 Å². The van der Waals surface area contributed by atoms with E-state index in [2.05, 4.69) is 9.47 Å². The summed E-state index contributed by atoms with van der Waals surface area (Å²) in [5, 5.41) is 41.5. The number of carbonyl (C=O) groups excluding carboxylic acids is 2. The Labute approximate surface area is 235 Å². The van der Waals surface area contributed by atoms with Gasteiger partial charge >= 0.3 is 0 Å². The molecular weight excluding hydrogens is 512 g/mol. The van der Waals surface area contributed by atoms with Crippen LogP contribution < -0.4 is 20.4 Å².